The minimum Gasteiger partial charge on any atom is -0.411 e. The van der Waals surface area contributed by atoms with Crippen molar-refractivity contribution in [2.24, 2.45) is 0 Å². The average Bonchev–Trinajstić information content (AvgIpc) is 3.31. The summed E-state index contributed by atoms with van der Waals surface area (Å²) in [6.07, 6.45) is 0. The van der Waals surface area contributed by atoms with Crippen molar-refractivity contribution in [3.63, 3.8) is 0 Å². The van der Waals surface area contributed by atoms with E-state index in [1.807, 2.05) is 59.5 Å². The molecular weight excluding hydrogens is 445 g/mol. The summed E-state index contributed by atoms with van der Waals surface area (Å²) in [7, 11) is 0. The summed E-state index contributed by atoms with van der Waals surface area (Å²) in [5.74, 6) is 0.510. The number of para-hydroxylation sites is 1. The molecule has 0 fully saturated rings. The van der Waals surface area contributed by atoms with E-state index < -0.39 is 5.82 Å². The highest BCUT2D eigenvalue weighted by Crippen LogP contribution is 2.43. The summed E-state index contributed by atoms with van der Waals surface area (Å²) in [5.41, 5.74) is 2.23. The van der Waals surface area contributed by atoms with Crippen LogP contribution in [0.2, 0.25) is 0 Å². The van der Waals surface area contributed by atoms with E-state index >= 15 is 0 Å². The van der Waals surface area contributed by atoms with E-state index in [0.717, 1.165) is 33.7 Å². The second-order valence-electron chi connectivity index (χ2n) is 7.11. The zero-order valence-corrected chi connectivity index (χ0v) is 18.5. The number of halogens is 1. The van der Waals surface area contributed by atoms with Crippen molar-refractivity contribution in [3.8, 4) is 11.5 Å². The molecule has 1 aliphatic rings. The Kier molecular flexibility index (Phi) is 5.96. The predicted molar refractivity (Wildman–Crippen MR) is 124 cm³/mol. The molecule has 5 nitrogen and oxygen atoms in total. The van der Waals surface area contributed by atoms with Crippen LogP contribution in [-0.4, -0.2) is 27.6 Å². The Bertz CT molecular complexity index is 1250. The molecule has 0 unspecified atom stereocenters. The average molecular weight is 464 g/mol. The van der Waals surface area contributed by atoms with Gasteiger partial charge in [-0.15, -0.1) is 22.0 Å². The van der Waals surface area contributed by atoms with Crippen molar-refractivity contribution < 1.29 is 13.6 Å². The Morgan fingerprint density at radius 3 is 2.62 bits per heavy atom. The van der Waals surface area contributed by atoms with Crippen molar-refractivity contribution >= 4 is 35.1 Å². The van der Waals surface area contributed by atoms with Crippen molar-refractivity contribution in [2.75, 3.05) is 16.4 Å². The Hall–Kier alpha value is -3.10. The van der Waals surface area contributed by atoms with Crippen molar-refractivity contribution in [1.29, 1.82) is 0 Å². The van der Waals surface area contributed by atoms with Crippen molar-refractivity contribution in [3.05, 3.63) is 90.2 Å². The number of hydrogen-bond acceptors (Lipinski definition) is 6. The maximum Gasteiger partial charge on any atom is 0.277 e. The van der Waals surface area contributed by atoms with E-state index in [2.05, 4.69) is 10.2 Å². The smallest absolute Gasteiger partial charge is 0.277 e. The molecule has 0 N–H and O–H groups in total. The van der Waals surface area contributed by atoms with E-state index in [4.69, 9.17) is 4.42 Å². The lowest BCUT2D eigenvalue weighted by Crippen LogP contribution is -2.39. The first-order valence-electron chi connectivity index (χ1n) is 10.0. The second kappa shape index (κ2) is 9.18. The standard InChI is InChI=1S/C24H18FN3O2S2/c25-18-11-5-4-10-17(18)23-26-27-24(30-23)32-15-22(29)28-19-12-6-7-13-21(19)31-14-20(28)16-8-2-1-3-9-16/h1-13,20H,14-15H2/t20-/m1/s1. The number of rotatable bonds is 5. The minimum atomic E-state index is -0.433. The molecule has 5 rings (SSSR count). The van der Waals surface area contributed by atoms with Gasteiger partial charge >= 0.3 is 0 Å². The van der Waals surface area contributed by atoms with E-state index in [9.17, 15) is 9.18 Å². The minimum absolute atomic E-state index is 0.0535. The van der Waals surface area contributed by atoms with Crippen LogP contribution in [0.4, 0.5) is 10.1 Å². The Morgan fingerprint density at radius 2 is 1.78 bits per heavy atom. The Balaban J connectivity index is 1.37. The van der Waals surface area contributed by atoms with Crippen LogP contribution in [0.15, 0.2) is 93.4 Å². The maximum absolute atomic E-state index is 14.0. The summed E-state index contributed by atoms with van der Waals surface area (Å²) in [4.78, 5) is 16.3. The first kappa shape index (κ1) is 20.8. The molecule has 1 aromatic heterocycles. The summed E-state index contributed by atoms with van der Waals surface area (Å²) < 4.78 is 19.6. The molecule has 2 heterocycles. The lowest BCUT2D eigenvalue weighted by Gasteiger charge is -2.37. The van der Waals surface area contributed by atoms with Gasteiger partial charge < -0.3 is 9.32 Å². The number of thioether (sulfide) groups is 2. The van der Waals surface area contributed by atoms with Crippen LogP contribution in [0.5, 0.6) is 0 Å². The Labute approximate surface area is 193 Å². The second-order valence-corrected chi connectivity index (χ2v) is 9.10. The molecule has 0 saturated carbocycles. The molecule has 1 aliphatic heterocycles. The van der Waals surface area contributed by atoms with Gasteiger partial charge in [0.1, 0.15) is 5.82 Å². The zero-order valence-electron chi connectivity index (χ0n) is 16.8. The van der Waals surface area contributed by atoms with Crippen LogP contribution in [-0.2, 0) is 4.79 Å². The fourth-order valence-electron chi connectivity index (χ4n) is 3.62. The number of anilines is 1. The monoisotopic (exact) mass is 463 g/mol. The maximum atomic E-state index is 14.0. The fraction of sp³-hybridized carbons (Fsp3) is 0.125. The lowest BCUT2D eigenvalue weighted by atomic mass is 10.1. The molecule has 0 aliphatic carbocycles. The molecule has 3 aromatic carbocycles. The van der Waals surface area contributed by atoms with Gasteiger partial charge in [-0.05, 0) is 29.8 Å². The van der Waals surface area contributed by atoms with Crippen LogP contribution in [0, 0.1) is 5.82 Å². The third kappa shape index (κ3) is 4.16. The first-order chi connectivity index (χ1) is 15.7. The molecule has 8 heteroatoms. The van der Waals surface area contributed by atoms with Crippen LogP contribution in [0.1, 0.15) is 11.6 Å². The number of benzene rings is 3. The highest BCUT2D eigenvalue weighted by Gasteiger charge is 2.32. The van der Waals surface area contributed by atoms with Gasteiger partial charge in [-0.3, -0.25) is 4.79 Å². The molecule has 0 bridgehead atoms. The number of nitrogens with zero attached hydrogens (tertiary/aromatic N) is 3. The van der Waals surface area contributed by atoms with Gasteiger partial charge in [0.05, 0.1) is 23.0 Å². The normalized spacial score (nSPS) is 15.4. The summed E-state index contributed by atoms with van der Waals surface area (Å²) in [6.45, 7) is 0. The SMILES string of the molecule is O=C(CSc1nnc(-c2ccccc2F)o1)N1c2ccccc2SC[C@@H]1c1ccccc1. The number of fused-ring (bicyclic) bond motifs is 1. The highest BCUT2D eigenvalue weighted by atomic mass is 32.2. The summed E-state index contributed by atoms with van der Waals surface area (Å²) in [6, 6.07) is 24.1. The van der Waals surface area contributed by atoms with Gasteiger partial charge in [0.15, 0.2) is 0 Å². The molecule has 0 spiro atoms. The third-order valence-corrected chi connectivity index (χ3v) is 7.06. The van der Waals surface area contributed by atoms with Crippen LogP contribution in [0.3, 0.4) is 0 Å². The number of amides is 1. The number of hydrogen-bond donors (Lipinski definition) is 0. The molecule has 0 saturated heterocycles. The first-order valence-corrected chi connectivity index (χ1v) is 12.0. The highest BCUT2D eigenvalue weighted by molar-refractivity contribution is 8.00. The molecular formula is C24H18FN3O2S2. The number of carbonyl (C=O) groups is 1. The molecule has 32 heavy (non-hydrogen) atoms. The van der Waals surface area contributed by atoms with Gasteiger partial charge in [-0.25, -0.2) is 4.39 Å². The third-order valence-electron chi connectivity index (χ3n) is 5.12. The quantitative estimate of drug-likeness (QED) is 0.346. The van der Waals surface area contributed by atoms with E-state index in [1.165, 1.54) is 6.07 Å². The largest absolute Gasteiger partial charge is 0.411 e. The molecule has 4 aromatic rings. The summed E-state index contributed by atoms with van der Waals surface area (Å²) >= 11 is 2.91. The van der Waals surface area contributed by atoms with Gasteiger partial charge in [-0.2, -0.15) is 0 Å². The van der Waals surface area contributed by atoms with Gasteiger partial charge in [0.2, 0.25) is 5.91 Å². The van der Waals surface area contributed by atoms with Gasteiger partial charge in [-0.1, -0.05) is 66.4 Å². The predicted octanol–water partition coefficient (Wildman–Crippen LogP) is 5.85. The molecule has 1 amide bonds. The Morgan fingerprint density at radius 1 is 1.03 bits per heavy atom. The lowest BCUT2D eigenvalue weighted by molar-refractivity contribution is -0.116. The molecule has 1 atom stereocenters. The van der Waals surface area contributed by atoms with E-state index in [-0.39, 0.29) is 34.4 Å². The van der Waals surface area contributed by atoms with Crippen LogP contribution >= 0.6 is 23.5 Å². The molecule has 160 valence electrons. The van der Waals surface area contributed by atoms with Gasteiger partial charge in [0.25, 0.3) is 11.1 Å². The fourth-order valence-corrected chi connectivity index (χ4v) is 5.41. The number of aromatic nitrogens is 2. The molecule has 0 radical (unpaired) electrons. The van der Waals surface area contributed by atoms with Crippen molar-refractivity contribution in [2.45, 2.75) is 16.2 Å². The van der Waals surface area contributed by atoms with Crippen molar-refractivity contribution in [1.82, 2.24) is 10.2 Å². The summed E-state index contributed by atoms with van der Waals surface area (Å²) in [5, 5.41) is 8.14. The van der Waals surface area contributed by atoms with E-state index in [0.29, 0.717) is 0 Å². The topological polar surface area (TPSA) is 59.2 Å². The van der Waals surface area contributed by atoms with E-state index in [1.54, 1.807) is 30.0 Å². The van der Waals surface area contributed by atoms with Gasteiger partial charge in [0, 0.05) is 10.6 Å². The zero-order chi connectivity index (χ0) is 21.9. The van der Waals surface area contributed by atoms with Crippen LogP contribution < -0.4 is 4.90 Å². The number of carbonyl (C=O) groups excluding carboxylic acids is 1. The van der Waals surface area contributed by atoms with Crippen LogP contribution in [0.25, 0.3) is 11.5 Å².